The maximum Gasteiger partial charge on any atom is 0.266 e. The Labute approximate surface area is 89.1 Å². The van der Waals surface area contributed by atoms with Crippen molar-refractivity contribution in [3.05, 3.63) is 34.3 Å². The van der Waals surface area contributed by atoms with Gasteiger partial charge in [-0.05, 0) is 12.1 Å². The highest BCUT2D eigenvalue weighted by molar-refractivity contribution is 9.10. The first kappa shape index (κ1) is 9.21. The van der Waals surface area contributed by atoms with E-state index in [-0.39, 0.29) is 12.5 Å². The van der Waals surface area contributed by atoms with Gasteiger partial charge in [-0.15, -0.1) is 0 Å². The number of benzene rings is 1. The van der Waals surface area contributed by atoms with Crippen LogP contribution in [-0.2, 0) is 9.63 Å². The number of carbonyl (C=O) groups excluding carboxylic acids is 1. The predicted molar refractivity (Wildman–Crippen MR) is 54.8 cm³/mol. The average Bonchev–Trinajstić information content (AvgIpc) is 2.19. The van der Waals surface area contributed by atoms with Crippen molar-refractivity contribution < 1.29 is 9.63 Å². The Morgan fingerprint density at radius 1 is 1.36 bits per heavy atom. The Morgan fingerprint density at radius 2 is 2.07 bits per heavy atom. The molecule has 0 spiro atoms. The topological polar surface area (TPSA) is 50.7 Å². The second kappa shape index (κ2) is 3.79. The molecule has 0 radical (unpaired) electrons. The molecule has 1 aromatic carbocycles. The van der Waals surface area contributed by atoms with Crippen molar-refractivity contribution in [2.24, 2.45) is 5.16 Å². The fraction of sp³-hybridized carbons (Fsp3) is 0.111. The Bertz CT molecular complexity index is 386. The van der Waals surface area contributed by atoms with Gasteiger partial charge in [0.05, 0.1) is 0 Å². The van der Waals surface area contributed by atoms with Crippen molar-refractivity contribution in [1.82, 2.24) is 5.32 Å². The fourth-order valence-electron chi connectivity index (χ4n) is 1.08. The molecule has 1 aliphatic rings. The van der Waals surface area contributed by atoms with Gasteiger partial charge in [0.15, 0.2) is 12.4 Å². The number of oxime groups is 1. The summed E-state index contributed by atoms with van der Waals surface area (Å²) < 4.78 is 0.977. The van der Waals surface area contributed by atoms with E-state index in [0.29, 0.717) is 5.84 Å². The Hall–Kier alpha value is -1.36. The summed E-state index contributed by atoms with van der Waals surface area (Å²) in [6, 6.07) is 7.44. The molecule has 0 unspecified atom stereocenters. The number of nitrogens with zero attached hydrogens (tertiary/aromatic N) is 1. The van der Waals surface area contributed by atoms with E-state index in [4.69, 9.17) is 4.84 Å². The maximum absolute atomic E-state index is 11.0. The average molecular weight is 255 g/mol. The molecule has 5 heteroatoms. The largest absolute Gasteiger partial charge is 0.384 e. The number of carbonyl (C=O) groups is 1. The molecule has 14 heavy (non-hydrogen) atoms. The van der Waals surface area contributed by atoms with E-state index < -0.39 is 0 Å². The lowest BCUT2D eigenvalue weighted by Crippen LogP contribution is -2.37. The summed E-state index contributed by atoms with van der Waals surface area (Å²) >= 11 is 3.32. The van der Waals surface area contributed by atoms with Gasteiger partial charge >= 0.3 is 0 Å². The number of hydrogen-bond acceptors (Lipinski definition) is 3. The summed E-state index contributed by atoms with van der Waals surface area (Å²) in [6.45, 7) is -0.0139. The van der Waals surface area contributed by atoms with Gasteiger partial charge in [-0.1, -0.05) is 33.2 Å². The van der Waals surface area contributed by atoms with E-state index in [1.54, 1.807) is 0 Å². The summed E-state index contributed by atoms with van der Waals surface area (Å²) in [5.41, 5.74) is 0.821. The Kier molecular flexibility index (Phi) is 2.49. The first-order valence-electron chi connectivity index (χ1n) is 4.01. The van der Waals surface area contributed by atoms with E-state index in [0.717, 1.165) is 10.0 Å². The number of halogens is 1. The van der Waals surface area contributed by atoms with Gasteiger partial charge in [0, 0.05) is 10.0 Å². The van der Waals surface area contributed by atoms with Crippen LogP contribution in [0, 0.1) is 0 Å². The summed E-state index contributed by atoms with van der Waals surface area (Å²) in [7, 11) is 0. The van der Waals surface area contributed by atoms with Crippen LogP contribution < -0.4 is 5.32 Å². The quantitative estimate of drug-likeness (QED) is 0.821. The number of amides is 1. The third kappa shape index (κ3) is 1.93. The van der Waals surface area contributed by atoms with Crippen LogP contribution >= 0.6 is 15.9 Å². The molecule has 4 nitrogen and oxygen atoms in total. The first-order valence-corrected chi connectivity index (χ1v) is 4.81. The zero-order valence-electron chi connectivity index (χ0n) is 7.16. The van der Waals surface area contributed by atoms with Crippen LogP contribution in [0.25, 0.3) is 0 Å². The minimum absolute atomic E-state index is 0.0139. The number of amidine groups is 1. The molecular formula is C9H7BrN2O2. The van der Waals surface area contributed by atoms with Gasteiger partial charge in [0.2, 0.25) is 0 Å². The molecule has 1 amide bonds. The summed E-state index contributed by atoms with van der Waals surface area (Å²) in [6.07, 6.45) is 0. The van der Waals surface area contributed by atoms with E-state index in [2.05, 4.69) is 26.4 Å². The molecule has 1 aliphatic heterocycles. The minimum atomic E-state index is -0.182. The van der Waals surface area contributed by atoms with Crippen molar-refractivity contribution in [2.45, 2.75) is 0 Å². The lowest BCUT2D eigenvalue weighted by atomic mass is 10.2. The van der Waals surface area contributed by atoms with Crippen LogP contribution in [0.4, 0.5) is 0 Å². The molecular weight excluding hydrogens is 248 g/mol. The molecule has 2 rings (SSSR count). The highest BCUT2D eigenvalue weighted by Gasteiger charge is 2.14. The van der Waals surface area contributed by atoms with E-state index in [1.807, 2.05) is 24.3 Å². The zero-order valence-corrected chi connectivity index (χ0v) is 8.74. The summed E-state index contributed by atoms with van der Waals surface area (Å²) in [5.74, 6) is 0.270. The molecule has 0 saturated carbocycles. The van der Waals surface area contributed by atoms with Crippen LogP contribution in [0.15, 0.2) is 33.9 Å². The minimum Gasteiger partial charge on any atom is -0.384 e. The lowest BCUT2D eigenvalue weighted by molar-refractivity contribution is -0.125. The molecule has 1 N–H and O–H groups in total. The molecule has 0 saturated heterocycles. The Balaban J connectivity index is 2.26. The molecule has 1 aromatic rings. The van der Waals surface area contributed by atoms with E-state index >= 15 is 0 Å². The van der Waals surface area contributed by atoms with Crippen LogP contribution in [0.1, 0.15) is 5.56 Å². The van der Waals surface area contributed by atoms with E-state index in [9.17, 15) is 4.79 Å². The summed E-state index contributed by atoms with van der Waals surface area (Å²) in [4.78, 5) is 15.7. The molecule has 0 bridgehead atoms. The third-order valence-electron chi connectivity index (χ3n) is 1.73. The monoisotopic (exact) mass is 254 g/mol. The summed E-state index contributed by atoms with van der Waals surface area (Å²) in [5, 5.41) is 6.37. The van der Waals surface area contributed by atoms with Crippen LogP contribution in [-0.4, -0.2) is 18.3 Å². The second-order valence-electron chi connectivity index (χ2n) is 2.77. The van der Waals surface area contributed by atoms with Crippen molar-refractivity contribution in [1.29, 1.82) is 0 Å². The molecule has 0 aromatic heterocycles. The second-order valence-corrected chi connectivity index (χ2v) is 3.68. The van der Waals surface area contributed by atoms with Crippen LogP contribution in [0.3, 0.4) is 0 Å². The number of rotatable bonds is 1. The molecule has 0 fully saturated rings. The Morgan fingerprint density at radius 3 is 2.71 bits per heavy atom. The third-order valence-corrected chi connectivity index (χ3v) is 2.26. The number of nitrogens with one attached hydrogen (secondary N) is 1. The standard InChI is InChI=1S/C9H7BrN2O2/c10-7-3-1-6(2-4-7)9-11-8(13)5-14-12-9/h1-4H,5H2,(H,11,12,13). The van der Waals surface area contributed by atoms with Crippen LogP contribution in [0.5, 0.6) is 0 Å². The highest BCUT2D eigenvalue weighted by atomic mass is 79.9. The molecule has 72 valence electrons. The normalized spacial score (nSPS) is 15.5. The molecule has 1 heterocycles. The van der Waals surface area contributed by atoms with Gasteiger partial charge < -0.3 is 10.2 Å². The van der Waals surface area contributed by atoms with Crippen molar-refractivity contribution in [3.8, 4) is 0 Å². The first-order chi connectivity index (χ1) is 6.75. The zero-order chi connectivity index (χ0) is 9.97. The smallest absolute Gasteiger partial charge is 0.266 e. The van der Waals surface area contributed by atoms with Gasteiger partial charge in [0.1, 0.15) is 0 Å². The SMILES string of the molecule is O=C1CON=C(c2ccc(Br)cc2)N1. The van der Waals surface area contributed by atoms with E-state index in [1.165, 1.54) is 0 Å². The van der Waals surface area contributed by atoms with Crippen molar-refractivity contribution in [3.63, 3.8) is 0 Å². The van der Waals surface area contributed by atoms with Crippen molar-refractivity contribution >= 4 is 27.7 Å². The van der Waals surface area contributed by atoms with Crippen LogP contribution in [0.2, 0.25) is 0 Å². The van der Waals surface area contributed by atoms with Gasteiger partial charge in [-0.3, -0.25) is 4.79 Å². The maximum atomic E-state index is 11.0. The van der Waals surface area contributed by atoms with Gasteiger partial charge in [-0.2, -0.15) is 0 Å². The molecule has 0 atom stereocenters. The molecule has 0 aliphatic carbocycles. The fourth-order valence-corrected chi connectivity index (χ4v) is 1.34. The lowest BCUT2D eigenvalue weighted by Gasteiger charge is -2.12. The predicted octanol–water partition coefficient (Wildman–Crippen LogP) is 1.26. The van der Waals surface area contributed by atoms with Gasteiger partial charge in [0.25, 0.3) is 5.91 Å². The number of hydrogen-bond donors (Lipinski definition) is 1. The highest BCUT2D eigenvalue weighted by Crippen LogP contribution is 2.11. The van der Waals surface area contributed by atoms with Gasteiger partial charge in [-0.25, -0.2) is 0 Å². The van der Waals surface area contributed by atoms with Crippen molar-refractivity contribution in [2.75, 3.05) is 6.61 Å².